The van der Waals surface area contributed by atoms with Gasteiger partial charge < -0.3 is 4.74 Å². The zero-order valence-corrected chi connectivity index (χ0v) is 16.3. The van der Waals surface area contributed by atoms with Gasteiger partial charge in [-0.05, 0) is 54.5 Å². The van der Waals surface area contributed by atoms with Crippen LogP contribution in [0.25, 0.3) is 5.57 Å². The molecule has 3 heteroatoms. The Kier molecular flexibility index (Phi) is 6.50. The van der Waals surface area contributed by atoms with Crippen LogP contribution in [-0.4, -0.2) is 18.6 Å². The number of Topliss-reactive ketones (excluding diaryl/α,β-unsaturated/α-hetero) is 1. The molecule has 136 valence electrons. The molecule has 0 amide bonds. The molecule has 0 aliphatic carbocycles. The maximum absolute atomic E-state index is 13.1. The average Bonchev–Trinajstić information content (AvgIpc) is 2.75. The highest BCUT2D eigenvalue weighted by Gasteiger charge is 2.15. The molecule has 3 aromatic rings. The summed E-state index contributed by atoms with van der Waals surface area (Å²) >= 11 is 1.74. The van der Waals surface area contributed by atoms with Gasteiger partial charge >= 0.3 is 0 Å². The fourth-order valence-corrected chi connectivity index (χ4v) is 3.86. The van der Waals surface area contributed by atoms with E-state index in [0.29, 0.717) is 5.56 Å². The van der Waals surface area contributed by atoms with Crippen LogP contribution in [0.3, 0.4) is 0 Å². The predicted octanol–water partition coefficient (Wildman–Crippen LogP) is 6.14. The monoisotopic (exact) mass is 374 g/mol. The van der Waals surface area contributed by atoms with Gasteiger partial charge in [-0.1, -0.05) is 48.5 Å². The molecule has 0 aliphatic heterocycles. The molecule has 0 spiro atoms. The van der Waals surface area contributed by atoms with Crippen molar-refractivity contribution in [2.75, 3.05) is 12.9 Å². The number of methoxy groups -OCH3 is 1. The molecule has 0 aliphatic rings. The van der Waals surface area contributed by atoms with Crippen molar-refractivity contribution < 1.29 is 9.53 Å². The van der Waals surface area contributed by atoms with Crippen LogP contribution in [0.1, 0.15) is 22.8 Å². The van der Waals surface area contributed by atoms with Gasteiger partial charge in [0.2, 0.25) is 0 Å². The van der Waals surface area contributed by atoms with E-state index >= 15 is 0 Å². The smallest absolute Gasteiger partial charge is 0.189 e. The van der Waals surface area contributed by atoms with Crippen LogP contribution in [0.15, 0.2) is 95.4 Å². The summed E-state index contributed by atoms with van der Waals surface area (Å²) < 4.78 is 5.19. The number of hydrogen-bond donors (Lipinski definition) is 0. The van der Waals surface area contributed by atoms with Gasteiger partial charge in [-0.3, -0.25) is 4.79 Å². The standard InChI is InChI=1S/C24H22O2S/c1-18(24(25)20-13-15-21(26-2)16-14-20)23(19-9-5-3-6-10-19)17-27-22-11-7-4-8-12-22/h3-16H,17H2,1-2H3/b23-18-. The molecule has 0 unspecified atom stereocenters. The van der Waals surface area contributed by atoms with Crippen LogP contribution in [0.4, 0.5) is 0 Å². The Bertz CT molecular complexity index is 914. The van der Waals surface area contributed by atoms with Crippen molar-refractivity contribution in [2.24, 2.45) is 0 Å². The van der Waals surface area contributed by atoms with E-state index < -0.39 is 0 Å². The van der Waals surface area contributed by atoms with E-state index in [9.17, 15) is 4.79 Å². The van der Waals surface area contributed by atoms with Gasteiger partial charge in [-0.2, -0.15) is 0 Å². The van der Waals surface area contributed by atoms with Crippen molar-refractivity contribution >= 4 is 23.1 Å². The van der Waals surface area contributed by atoms with E-state index in [1.165, 1.54) is 4.90 Å². The third-order valence-corrected chi connectivity index (χ3v) is 5.43. The van der Waals surface area contributed by atoms with Crippen LogP contribution in [0, 0.1) is 0 Å². The molecular weight excluding hydrogens is 352 g/mol. The summed E-state index contributed by atoms with van der Waals surface area (Å²) in [5, 5.41) is 0. The van der Waals surface area contributed by atoms with Crippen molar-refractivity contribution in [2.45, 2.75) is 11.8 Å². The number of hydrogen-bond acceptors (Lipinski definition) is 3. The van der Waals surface area contributed by atoms with E-state index in [0.717, 1.165) is 28.2 Å². The summed E-state index contributed by atoms with van der Waals surface area (Å²) in [5.74, 6) is 1.53. The molecule has 0 heterocycles. The lowest BCUT2D eigenvalue weighted by Crippen LogP contribution is -2.05. The predicted molar refractivity (Wildman–Crippen MR) is 114 cm³/mol. The van der Waals surface area contributed by atoms with Gasteiger partial charge in [0.1, 0.15) is 5.75 Å². The van der Waals surface area contributed by atoms with Gasteiger partial charge in [0.05, 0.1) is 7.11 Å². The summed E-state index contributed by atoms with van der Waals surface area (Å²) in [4.78, 5) is 14.3. The third-order valence-electron chi connectivity index (χ3n) is 4.39. The Balaban J connectivity index is 1.92. The Hall–Kier alpha value is -2.78. The largest absolute Gasteiger partial charge is 0.497 e. The molecule has 0 fully saturated rings. The number of thioether (sulfide) groups is 1. The zero-order chi connectivity index (χ0) is 19.1. The van der Waals surface area contributed by atoms with Crippen molar-refractivity contribution in [1.82, 2.24) is 0 Å². The quantitative estimate of drug-likeness (QED) is 0.282. The topological polar surface area (TPSA) is 26.3 Å². The van der Waals surface area contributed by atoms with E-state index in [-0.39, 0.29) is 5.78 Å². The van der Waals surface area contributed by atoms with E-state index in [1.807, 2.05) is 67.6 Å². The third kappa shape index (κ3) is 4.89. The summed E-state index contributed by atoms with van der Waals surface area (Å²) in [7, 11) is 1.62. The number of ketones is 1. The highest BCUT2D eigenvalue weighted by Crippen LogP contribution is 2.29. The minimum absolute atomic E-state index is 0.0465. The van der Waals surface area contributed by atoms with E-state index in [1.54, 1.807) is 18.9 Å². The van der Waals surface area contributed by atoms with Gasteiger partial charge in [0, 0.05) is 21.8 Å². The van der Waals surface area contributed by atoms with Gasteiger partial charge in [0.15, 0.2) is 5.78 Å². The maximum atomic E-state index is 13.1. The van der Waals surface area contributed by atoms with Gasteiger partial charge in [-0.15, -0.1) is 11.8 Å². The maximum Gasteiger partial charge on any atom is 0.189 e. The number of rotatable bonds is 7. The minimum atomic E-state index is 0.0465. The molecule has 3 aromatic carbocycles. The molecule has 0 aromatic heterocycles. The fraction of sp³-hybridized carbons (Fsp3) is 0.125. The first-order valence-corrected chi connectivity index (χ1v) is 9.79. The molecule has 27 heavy (non-hydrogen) atoms. The van der Waals surface area contributed by atoms with Crippen molar-refractivity contribution in [1.29, 1.82) is 0 Å². The Morgan fingerprint density at radius 2 is 1.41 bits per heavy atom. The first kappa shape index (κ1) is 19.0. The molecule has 0 atom stereocenters. The molecule has 0 bridgehead atoms. The summed E-state index contributed by atoms with van der Waals surface area (Å²) in [6.45, 7) is 1.92. The minimum Gasteiger partial charge on any atom is -0.497 e. The highest BCUT2D eigenvalue weighted by molar-refractivity contribution is 7.99. The lowest BCUT2D eigenvalue weighted by molar-refractivity contribution is 0.103. The molecule has 0 radical (unpaired) electrons. The molecular formula is C24H22O2S. The van der Waals surface area contributed by atoms with Crippen molar-refractivity contribution in [3.8, 4) is 5.75 Å². The number of carbonyl (C=O) groups excluding carboxylic acids is 1. The highest BCUT2D eigenvalue weighted by atomic mass is 32.2. The van der Waals surface area contributed by atoms with Crippen LogP contribution < -0.4 is 4.74 Å². The van der Waals surface area contributed by atoms with Crippen LogP contribution in [0.5, 0.6) is 5.75 Å². The van der Waals surface area contributed by atoms with Crippen molar-refractivity contribution in [3.63, 3.8) is 0 Å². The van der Waals surface area contributed by atoms with Crippen LogP contribution in [-0.2, 0) is 0 Å². The average molecular weight is 375 g/mol. The lowest BCUT2D eigenvalue weighted by atomic mass is 9.96. The number of carbonyl (C=O) groups is 1. The number of ether oxygens (including phenoxy) is 1. The second kappa shape index (κ2) is 9.24. The van der Waals surface area contributed by atoms with E-state index in [2.05, 4.69) is 24.3 Å². The molecule has 0 N–H and O–H groups in total. The Morgan fingerprint density at radius 3 is 2.00 bits per heavy atom. The number of allylic oxidation sites excluding steroid dienone is 1. The summed E-state index contributed by atoms with van der Waals surface area (Å²) in [5.41, 5.74) is 3.59. The van der Waals surface area contributed by atoms with E-state index in [4.69, 9.17) is 4.74 Å². The van der Waals surface area contributed by atoms with Crippen molar-refractivity contribution in [3.05, 3.63) is 102 Å². The normalized spacial score (nSPS) is 11.6. The molecule has 2 nitrogen and oxygen atoms in total. The van der Waals surface area contributed by atoms with Crippen LogP contribution in [0.2, 0.25) is 0 Å². The number of benzene rings is 3. The molecule has 0 saturated heterocycles. The molecule has 3 rings (SSSR count). The summed E-state index contributed by atoms with van der Waals surface area (Å²) in [6.07, 6.45) is 0. The Labute approximate surface area is 164 Å². The van der Waals surface area contributed by atoms with Crippen LogP contribution >= 0.6 is 11.8 Å². The molecule has 0 saturated carbocycles. The zero-order valence-electron chi connectivity index (χ0n) is 15.5. The first-order valence-electron chi connectivity index (χ1n) is 8.81. The second-order valence-electron chi connectivity index (χ2n) is 6.13. The summed E-state index contributed by atoms with van der Waals surface area (Å²) in [6, 6.07) is 27.7. The fourth-order valence-electron chi connectivity index (χ4n) is 2.82. The Morgan fingerprint density at radius 1 is 0.815 bits per heavy atom. The second-order valence-corrected chi connectivity index (χ2v) is 7.18. The SMILES string of the molecule is COc1ccc(C(=O)/C(C)=C(/CSc2ccccc2)c2ccccc2)cc1. The van der Waals surface area contributed by atoms with Gasteiger partial charge in [-0.25, -0.2) is 0 Å². The first-order chi connectivity index (χ1) is 13.2. The van der Waals surface area contributed by atoms with Gasteiger partial charge in [0.25, 0.3) is 0 Å². The lowest BCUT2D eigenvalue weighted by Gasteiger charge is -2.13.